The van der Waals surface area contributed by atoms with Crippen molar-refractivity contribution in [3.8, 4) is 40.5 Å². The Kier molecular flexibility index (Phi) is 8.83. The highest BCUT2D eigenvalue weighted by Crippen LogP contribution is 2.44. The van der Waals surface area contributed by atoms with E-state index in [0.717, 1.165) is 17.3 Å². The molecule has 1 heterocycles. The highest BCUT2D eigenvalue weighted by molar-refractivity contribution is 8.00. The van der Waals surface area contributed by atoms with Crippen molar-refractivity contribution in [3.05, 3.63) is 53.1 Å². The molecule has 3 N–H and O–H groups in total. The molecular weight excluding hydrogens is 490 g/mol. The number of methoxy groups -OCH3 is 3. The van der Waals surface area contributed by atoms with Crippen molar-refractivity contribution in [2.24, 2.45) is 0 Å². The second-order valence-corrected chi connectivity index (χ2v) is 9.13. The van der Waals surface area contributed by atoms with Crippen LogP contribution in [0, 0.1) is 29.6 Å². The third kappa shape index (κ3) is 5.71. The minimum absolute atomic E-state index is 0.0346. The molecule has 0 saturated heterocycles. The third-order valence-electron chi connectivity index (χ3n) is 5.61. The number of amides is 1. The monoisotopic (exact) mass is 517 g/mol. The zero-order valence-electron chi connectivity index (χ0n) is 21.2. The summed E-state index contributed by atoms with van der Waals surface area (Å²) in [5.41, 5.74) is 8.80. The van der Waals surface area contributed by atoms with Crippen LogP contribution in [0.1, 0.15) is 30.0 Å². The van der Waals surface area contributed by atoms with Gasteiger partial charge in [-0.3, -0.25) is 4.79 Å². The number of nitrogens with two attached hydrogens (primary N) is 1. The van der Waals surface area contributed by atoms with Crippen molar-refractivity contribution >= 4 is 29.2 Å². The van der Waals surface area contributed by atoms with E-state index in [2.05, 4.69) is 22.4 Å². The summed E-state index contributed by atoms with van der Waals surface area (Å²) in [4.78, 5) is 17.4. The Labute approximate surface area is 220 Å². The molecule has 3 aromatic rings. The number of carbonyl (C=O) groups is 1. The number of nitriles is 2. The smallest absolute Gasteiger partial charge is 0.237 e. The SMILES string of the molecule is CCC(Sc1nc(N)c(C#N)c(-c2cc(OC)c(OC)c(OC)c2)c1C#N)C(=O)Nc1ccc(C)cc1. The molecule has 2 aromatic carbocycles. The van der Waals surface area contributed by atoms with E-state index >= 15 is 0 Å². The number of carbonyl (C=O) groups excluding carboxylic acids is 1. The Balaban J connectivity index is 2.12. The Morgan fingerprint density at radius 2 is 1.65 bits per heavy atom. The van der Waals surface area contributed by atoms with Crippen molar-refractivity contribution < 1.29 is 19.0 Å². The van der Waals surface area contributed by atoms with Crippen LogP contribution in [-0.4, -0.2) is 37.5 Å². The highest BCUT2D eigenvalue weighted by atomic mass is 32.2. The Bertz CT molecular complexity index is 1370. The second kappa shape index (κ2) is 12.0. The summed E-state index contributed by atoms with van der Waals surface area (Å²) in [6.45, 7) is 3.83. The van der Waals surface area contributed by atoms with Crippen molar-refractivity contribution in [3.63, 3.8) is 0 Å². The number of aromatic nitrogens is 1. The van der Waals surface area contributed by atoms with Gasteiger partial charge in [0, 0.05) is 11.3 Å². The number of hydrogen-bond acceptors (Lipinski definition) is 9. The molecule has 3 rings (SSSR count). The molecule has 0 radical (unpaired) electrons. The lowest BCUT2D eigenvalue weighted by atomic mass is 9.96. The standard InChI is InChI=1S/C27H27N5O4S/c1-6-22(26(33)31-17-9-7-15(2)8-10-17)37-27-19(14-29)23(18(13-28)25(30)32-27)16-11-20(34-3)24(36-5)21(12-16)35-4/h7-12,22H,6H2,1-5H3,(H2,30,32)(H,31,33). The first-order valence-corrected chi connectivity index (χ1v) is 12.2. The number of nitrogen functional groups attached to an aromatic ring is 1. The first-order chi connectivity index (χ1) is 17.8. The maximum absolute atomic E-state index is 13.1. The molecule has 0 spiro atoms. The molecule has 190 valence electrons. The van der Waals surface area contributed by atoms with E-state index in [1.165, 1.54) is 21.3 Å². The van der Waals surface area contributed by atoms with Crippen molar-refractivity contribution in [2.75, 3.05) is 32.4 Å². The maximum Gasteiger partial charge on any atom is 0.237 e. The first kappa shape index (κ1) is 27.2. The predicted molar refractivity (Wildman–Crippen MR) is 143 cm³/mol. The van der Waals surface area contributed by atoms with Gasteiger partial charge < -0.3 is 25.3 Å². The molecule has 0 aliphatic rings. The van der Waals surface area contributed by atoms with Crippen LogP contribution in [0.5, 0.6) is 17.2 Å². The molecule has 0 aliphatic heterocycles. The summed E-state index contributed by atoms with van der Waals surface area (Å²) in [5, 5.41) is 22.6. The van der Waals surface area contributed by atoms with Crippen LogP contribution in [0.15, 0.2) is 41.4 Å². The lowest BCUT2D eigenvalue weighted by molar-refractivity contribution is -0.115. The predicted octanol–water partition coefficient (Wildman–Crippen LogP) is 4.92. The fraction of sp³-hybridized carbons (Fsp3) is 0.259. The zero-order chi connectivity index (χ0) is 27.1. The van der Waals surface area contributed by atoms with Crippen LogP contribution in [0.3, 0.4) is 0 Å². The quantitative estimate of drug-likeness (QED) is 0.378. The van der Waals surface area contributed by atoms with E-state index in [1.807, 2.05) is 38.1 Å². The van der Waals surface area contributed by atoms with Gasteiger partial charge in [-0.15, -0.1) is 0 Å². The molecule has 1 amide bonds. The van der Waals surface area contributed by atoms with Crippen LogP contribution < -0.4 is 25.3 Å². The van der Waals surface area contributed by atoms with E-state index in [4.69, 9.17) is 19.9 Å². The number of rotatable bonds is 9. The fourth-order valence-electron chi connectivity index (χ4n) is 3.71. The van der Waals surface area contributed by atoms with Gasteiger partial charge in [0.15, 0.2) is 11.5 Å². The number of nitrogens with zero attached hydrogens (tertiary/aromatic N) is 3. The number of hydrogen-bond donors (Lipinski definition) is 2. The fourth-order valence-corrected chi connectivity index (χ4v) is 4.73. The van der Waals surface area contributed by atoms with Gasteiger partial charge in [-0.2, -0.15) is 10.5 Å². The lowest BCUT2D eigenvalue weighted by Gasteiger charge is -2.19. The van der Waals surface area contributed by atoms with Gasteiger partial charge in [0.2, 0.25) is 11.7 Å². The number of anilines is 2. The minimum atomic E-state index is -0.568. The van der Waals surface area contributed by atoms with Crippen LogP contribution in [0.4, 0.5) is 11.5 Å². The summed E-state index contributed by atoms with van der Waals surface area (Å²) in [6, 6.07) is 14.9. The van der Waals surface area contributed by atoms with Gasteiger partial charge >= 0.3 is 0 Å². The summed E-state index contributed by atoms with van der Waals surface area (Å²) in [6.07, 6.45) is 0.467. The van der Waals surface area contributed by atoms with E-state index in [0.29, 0.717) is 34.9 Å². The van der Waals surface area contributed by atoms with Crippen LogP contribution in [0.2, 0.25) is 0 Å². The zero-order valence-corrected chi connectivity index (χ0v) is 22.0. The summed E-state index contributed by atoms with van der Waals surface area (Å²) >= 11 is 1.12. The summed E-state index contributed by atoms with van der Waals surface area (Å²) in [5.74, 6) is 0.762. The Morgan fingerprint density at radius 1 is 1.05 bits per heavy atom. The highest BCUT2D eigenvalue weighted by Gasteiger charge is 2.27. The molecule has 9 nitrogen and oxygen atoms in total. The van der Waals surface area contributed by atoms with Gasteiger partial charge in [0.25, 0.3) is 0 Å². The van der Waals surface area contributed by atoms with Crippen molar-refractivity contribution in [2.45, 2.75) is 30.5 Å². The van der Waals surface area contributed by atoms with Gasteiger partial charge in [0.05, 0.1) is 32.1 Å². The van der Waals surface area contributed by atoms with Crippen LogP contribution in [0.25, 0.3) is 11.1 Å². The molecule has 1 unspecified atom stereocenters. The van der Waals surface area contributed by atoms with E-state index < -0.39 is 5.25 Å². The van der Waals surface area contributed by atoms with Gasteiger partial charge in [-0.1, -0.05) is 36.4 Å². The number of aryl methyl sites for hydroxylation is 1. The van der Waals surface area contributed by atoms with Gasteiger partial charge in [-0.25, -0.2) is 4.98 Å². The van der Waals surface area contributed by atoms with Crippen molar-refractivity contribution in [1.82, 2.24) is 4.98 Å². The van der Waals surface area contributed by atoms with Crippen molar-refractivity contribution in [1.29, 1.82) is 10.5 Å². The van der Waals surface area contributed by atoms with Gasteiger partial charge in [-0.05, 0) is 43.2 Å². The average Bonchev–Trinajstić information content (AvgIpc) is 2.91. The molecule has 1 aromatic heterocycles. The maximum atomic E-state index is 13.1. The molecule has 0 saturated carbocycles. The molecule has 37 heavy (non-hydrogen) atoms. The Morgan fingerprint density at radius 3 is 2.14 bits per heavy atom. The number of thioether (sulfide) groups is 1. The van der Waals surface area contributed by atoms with E-state index in [-0.39, 0.29) is 33.4 Å². The Hall–Kier alpha value is -4.41. The van der Waals surface area contributed by atoms with Crippen LogP contribution >= 0.6 is 11.8 Å². The van der Waals surface area contributed by atoms with E-state index in [1.54, 1.807) is 12.1 Å². The van der Waals surface area contributed by atoms with E-state index in [9.17, 15) is 15.3 Å². The average molecular weight is 518 g/mol. The molecule has 0 bridgehead atoms. The number of nitrogens with one attached hydrogen (secondary N) is 1. The molecule has 0 fully saturated rings. The van der Waals surface area contributed by atoms with Gasteiger partial charge in [0.1, 0.15) is 28.5 Å². The number of benzene rings is 2. The second-order valence-electron chi connectivity index (χ2n) is 7.93. The first-order valence-electron chi connectivity index (χ1n) is 11.3. The summed E-state index contributed by atoms with van der Waals surface area (Å²) < 4.78 is 16.3. The third-order valence-corrected chi connectivity index (χ3v) is 6.96. The molecule has 0 aliphatic carbocycles. The normalized spacial score (nSPS) is 11.1. The molecule has 10 heteroatoms. The number of ether oxygens (including phenoxy) is 3. The molecule has 1 atom stereocenters. The molecular formula is C27H27N5O4S. The minimum Gasteiger partial charge on any atom is -0.493 e. The number of pyridine rings is 1. The lowest BCUT2D eigenvalue weighted by Crippen LogP contribution is -2.25. The largest absolute Gasteiger partial charge is 0.493 e. The van der Waals surface area contributed by atoms with Crippen LogP contribution in [-0.2, 0) is 4.79 Å². The summed E-state index contributed by atoms with van der Waals surface area (Å²) in [7, 11) is 4.42. The topological polar surface area (TPSA) is 143 Å².